The van der Waals surface area contributed by atoms with E-state index in [-0.39, 0.29) is 28.0 Å². The minimum atomic E-state index is -3.78. The standard InChI is InChI=1S/C21H20ClN3O6S/c1-29-16-7-4-14(5-8-16)20-23-19(31-24-20)13-30-21(26)15-6-9-17(22)18(12-15)32(27,28)25-10-2-3-11-25/h4-9,12H,2-3,10-11,13H2,1H3. The Morgan fingerprint density at radius 2 is 1.88 bits per heavy atom. The van der Waals surface area contributed by atoms with Crippen LogP contribution < -0.4 is 4.74 Å². The highest BCUT2D eigenvalue weighted by atomic mass is 35.5. The number of sulfonamides is 1. The van der Waals surface area contributed by atoms with Crippen LogP contribution >= 0.6 is 11.6 Å². The van der Waals surface area contributed by atoms with Crippen LogP contribution in [0.15, 0.2) is 51.9 Å². The monoisotopic (exact) mass is 477 g/mol. The van der Waals surface area contributed by atoms with Gasteiger partial charge >= 0.3 is 5.97 Å². The van der Waals surface area contributed by atoms with Gasteiger partial charge in [-0.1, -0.05) is 16.8 Å². The van der Waals surface area contributed by atoms with E-state index in [1.165, 1.54) is 22.5 Å². The molecule has 3 aromatic rings. The molecule has 168 valence electrons. The van der Waals surface area contributed by atoms with Crippen molar-refractivity contribution in [3.8, 4) is 17.1 Å². The maximum Gasteiger partial charge on any atom is 0.338 e. The van der Waals surface area contributed by atoms with Crippen LogP contribution in [0.4, 0.5) is 0 Å². The number of hydrogen-bond donors (Lipinski definition) is 0. The van der Waals surface area contributed by atoms with Crippen molar-refractivity contribution in [3.63, 3.8) is 0 Å². The second-order valence-corrected chi connectivity index (χ2v) is 9.39. The molecule has 2 aromatic carbocycles. The lowest BCUT2D eigenvalue weighted by atomic mass is 10.2. The number of rotatable bonds is 7. The van der Waals surface area contributed by atoms with Gasteiger partial charge in [0, 0.05) is 18.7 Å². The first-order valence-electron chi connectivity index (χ1n) is 9.82. The quantitative estimate of drug-likeness (QED) is 0.475. The molecule has 0 aliphatic carbocycles. The lowest BCUT2D eigenvalue weighted by Crippen LogP contribution is -2.28. The summed E-state index contributed by atoms with van der Waals surface area (Å²) < 4.78 is 42.5. The first kappa shape index (κ1) is 22.3. The number of aromatic nitrogens is 2. The molecule has 32 heavy (non-hydrogen) atoms. The van der Waals surface area contributed by atoms with Crippen LogP contribution in [-0.2, 0) is 21.4 Å². The Morgan fingerprint density at radius 1 is 1.16 bits per heavy atom. The molecule has 1 saturated heterocycles. The van der Waals surface area contributed by atoms with E-state index in [9.17, 15) is 13.2 Å². The van der Waals surface area contributed by atoms with E-state index in [1.807, 2.05) is 0 Å². The molecule has 0 bridgehead atoms. The number of nitrogens with zero attached hydrogens (tertiary/aromatic N) is 3. The van der Waals surface area contributed by atoms with Gasteiger partial charge in [-0.25, -0.2) is 13.2 Å². The highest BCUT2D eigenvalue weighted by Gasteiger charge is 2.30. The van der Waals surface area contributed by atoms with Gasteiger partial charge in [-0.15, -0.1) is 0 Å². The fourth-order valence-corrected chi connectivity index (χ4v) is 5.29. The third-order valence-electron chi connectivity index (χ3n) is 4.99. The van der Waals surface area contributed by atoms with Crippen LogP contribution in [0.1, 0.15) is 29.1 Å². The minimum absolute atomic E-state index is 0.0504. The summed E-state index contributed by atoms with van der Waals surface area (Å²) in [6.45, 7) is 0.598. The maximum atomic E-state index is 12.8. The van der Waals surface area contributed by atoms with E-state index < -0.39 is 16.0 Å². The van der Waals surface area contributed by atoms with E-state index in [2.05, 4.69) is 10.1 Å². The molecule has 0 unspecified atom stereocenters. The zero-order chi connectivity index (χ0) is 22.7. The number of benzene rings is 2. The van der Waals surface area contributed by atoms with Gasteiger partial charge in [-0.2, -0.15) is 9.29 Å². The van der Waals surface area contributed by atoms with Crippen LogP contribution in [0.2, 0.25) is 5.02 Å². The van der Waals surface area contributed by atoms with Crippen LogP contribution in [0.3, 0.4) is 0 Å². The van der Waals surface area contributed by atoms with Crippen molar-refractivity contribution in [2.24, 2.45) is 0 Å². The van der Waals surface area contributed by atoms with Crippen molar-refractivity contribution in [2.75, 3.05) is 20.2 Å². The van der Waals surface area contributed by atoms with E-state index in [4.69, 9.17) is 25.6 Å². The van der Waals surface area contributed by atoms with Crippen LogP contribution in [0, 0.1) is 0 Å². The zero-order valence-corrected chi connectivity index (χ0v) is 18.7. The van der Waals surface area contributed by atoms with Gasteiger partial charge in [0.2, 0.25) is 15.8 Å². The molecular formula is C21H20ClN3O6S. The molecule has 1 aromatic heterocycles. The molecule has 1 fully saturated rings. The number of carbonyl (C=O) groups excluding carboxylic acids is 1. The number of esters is 1. The number of carbonyl (C=O) groups is 1. The third kappa shape index (κ3) is 4.62. The molecule has 1 aliphatic heterocycles. The van der Waals surface area contributed by atoms with E-state index in [1.54, 1.807) is 31.4 Å². The number of hydrogen-bond acceptors (Lipinski definition) is 8. The zero-order valence-electron chi connectivity index (χ0n) is 17.2. The summed E-state index contributed by atoms with van der Waals surface area (Å²) in [6.07, 6.45) is 1.59. The first-order valence-corrected chi connectivity index (χ1v) is 11.6. The molecule has 1 aliphatic rings. The molecule has 0 amide bonds. The molecule has 0 radical (unpaired) electrons. The predicted octanol–water partition coefficient (Wildman–Crippen LogP) is 3.54. The second kappa shape index (κ2) is 9.27. The van der Waals surface area contributed by atoms with Gasteiger partial charge in [0.1, 0.15) is 10.6 Å². The van der Waals surface area contributed by atoms with E-state index in [0.717, 1.165) is 12.8 Å². The fourth-order valence-electron chi connectivity index (χ4n) is 3.28. The summed E-state index contributed by atoms with van der Waals surface area (Å²) in [7, 11) is -2.21. The maximum absolute atomic E-state index is 12.8. The Labute approximate surface area is 189 Å². The molecule has 0 N–H and O–H groups in total. The van der Waals surface area contributed by atoms with Crippen molar-refractivity contribution in [2.45, 2.75) is 24.3 Å². The van der Waals surface area contributed by atoms with E-state index >= 15 is 0 Å². The number of ether oxygens (including phenoxy) is 2. The lowest BCUT2D eigenvalue weighted by molar-refractivity contribution is 0.0429. The largest absolute Gasteiger partial charge is 0.497 e. The van der Waals surface area contributed by atoms with Crippen LogP contribution in [-0.4, -0.2) is 49.0 Å². The summed E-state index contributed by atoms with van der Waals surface area (Å²) in [5.41, 5.74) is 0.767. The van der Waals surface area contributed by atoms with E-state index in [0.29, 0.717) is 30.2 Å². The molecule has 9 nitrogen and oxygen atoms in total. The molecule has 0 atom stereocenters. The SMILES string of the molecule is COc1ccc(-c2noc(COC(=O)c3ccc(Cl)c(S(=O)(=O)N4CCCC4)c3)n2)cc1. The van der Waals surface area contributed by atoms with Gasteiger partial charge in [0.25, 0.3) is 5.89 Å². The number of halogens is 1. The first-order chi connectivity index (χ1) is 15.4. The van der Waals surface area contributed by atoms with Crippen molar-refractivity contribution in [3.05, 3.63) is 58.9 Å². The van der Waals surface area contributed by atoms with Gasteiger partial charge in [-0.3, -0.25) is 0 Å². The number of methoxy groups -OCH3 is 1. The van der Waals surface area contributed by atoms with Crippen molar-refractivity contribution < 1.29 is 27.2 Å². The highest BCUT2D eigenvalue weighted by Crippen LogP contribution is 2.28. The van der Waals surface area contributed by atoms with Gasteiger partial charge in [0.05, 0.1) is 17.7 Å². The molecule has 11 heteroatoms. The Bertz CT molecular complexity index is 1220. The van der Waals surface area contributed by atoms with Crippen LogP contribution in [0.25, 0.3) is 11.4 Å². The highest BCUT2D eigenvalue weighted by molar-refractivity contribution is 7.89. The molecule has 0 spiro atoms. The normalized spacial score (nSPS) is 14.4. The summed E-state index contributed by atoms with van der Waals surface area (Å²) in [5.74, 6) is 0.399. The second-order valence-electron chi connectivity index (χ2n) is 7.07. The topological polar surface area (TPSA) is 112 Å². The molecule has 4 rings (SSSR count). The summed E-state index contributed by atoms with van der Waals surface area (Å²) in [4.78, 5) is 16.6. The summed E-state index contributed by atoms with van der Waals surface area (Å²) in [5, 5.41) is 3.92. The molecule has 2 heterocycles. The van der Waals surface area contributed by atoms with Crippen molar-refractivity contribution in [1.29, 1.82) is 0 Å². The third-order valence-corrected chi connectivity index (χ3v) is 7.37. The fraction of sp³-hybridized carbons (Fsp3) is 0.286. The minimum Gasteiger partial charge on any atom is -0.497 e. The Hall–Kier alpha value is -2.95. The summed E-state index contributed by atoms with van der Waals surface area (Å²) >= 11 is 6.12. The van der Waals surface area contributed by atoms with Gasteiger partial charge in [0.15, 0.2) is 6.61 Å². The lowest BCUT2D eigenvalue weighted by Gasteiger charge is -2.17. The molecular weight excluding hydrogens is 458 g/mol. The molecule has 0 saturated carbocycles. The summed E-state index contributed by atoms with van der Waals surface area (Å²) in [6, 6.07) is 11.1. The Morgan fingerprint density at radius 3 is 2.56 bits per heavy atom. The van der Waals surface area contributed by atoms with Gasteiger partial charge < -0.3 is 14.0 Å². The Balaban J connectivity index is 1.45. The van der Waals surface area contributed by atoms with Crippen molar-refractivity contribution in [1.82, 2.24) is 14.4 Å². The van der Waals surface area contributed by atoms with Gasteiger partial charge in [-0.05, 0) is 55.3 Å². The average Bonchev–Trinajstić information content (AvgIpc) is 3.50. The smallest absolute Gasteiger partial charge is 0.338 e. The van der Waals surface area contributed by atoms with Crippen molar-refractivity contribution >= 4 is 27.6 Å². The Kier molecular flexibility index (Phi) is 6.45. The predicted molar refractivity (Wildman–Crippen MR) is 115 cm³/mol. The van der Waals surface area contributed by atoms with Crippen LogP contribution in [0.5, 0.6) is 5.75 Å². The average molecular weight is 478 g/mol.